The molecular weight excluding hydrogens is 612 g/mol. The van der Waals surface area contributed by atoms with Crippen molar-refractivity contribution in [3.05, 3.63) is 82.9 Å². The van der Waals surface area contributed by atoms with Gasteiger partial charge in [0, 0.05) is 6.54 Å². The molecule has 5 N–H and O–H groups in total. The van der Waals surface area contributed by atoms with Gasteiger partial charge in [0.15, 0.2) is 29.1 Å². The van der Waals surface area contributed by atoms with Crippen LogP contribution >= 0.6 is 26.8 Å². The van der Waals surface area contributed by atoms with E-state index in [1.165, 1.54) is 10.9 Å². The van der Waals surface area contributed by atoms with Gasteiger partial charge in [-0.05, 0) is 28.3 Å². The molecule has 0 bridgehead atoms. The molecular formula is C25H26ClN5O9P2. The van der Waals surface area contributed by atoms with E-state index in [4.69, 9.17) is 30.6 Å². The minimum Gasteiger partial charge on any atom is -0.387 e. The number of benzene rings is 2. The highest BCUT2D eigenvalue weighted by atomic mass is 35.5. The number of rotatable bonds is 8. The SMILES string of the molecule is O=P(O)(O)CP(=O)(O)OC[C@H]1O[C@@H](n2cnc3c(N4Cc5ccccc5C4c4ccccc4)nc(Cl)nc32)C(O)[C@H]1O. The van der Waals surface area contributed by atoms with Gasteiger partial charge in [0.1, 0.15) is 18.3 Å². The predicted molar refractivity (Wildman–Crippen MR) is 150 cm³/mol. The van der Waals surface area contributed by atoms with Gasteiger partial charge in [0.2, 0.25) is 5.28 Å². The van der Waals surface area contributed by atoms with E-state index in [1.807, 2.05) is 48.5 Å². The van der Waals surface area contributed by atoms with Crippen molar-refractivity contribution in [1.29, 1.82) is 0 Å². The number of imidazole rings is 1. The Morgan fingerprint density at radius 1 is 1.00 bits per heavy atom. The Hall–Kier alpha value is -2.74. The van der Waals surface area contributed by atoms with Gasteiger partial charge in [-0.1, -0.05) is 54.6 Å². The zero-order valence-electron chi connectivity index (χ0n) is 21.7. The molecule has 0 spiro atoms. The number of fused-ring (bicyclic) bond motifs is 2. The Morgan fingerprint density at radius 2 is 1.71 bits per heavy atom. The van der Waals surface area contributed by atoms with Crippen LogP contribution in [0.2, 0.25) is 5.28 Å². The fourth-order valence-electron chi connectivity index (χ4n) is 5.40. The molecule has 4 aromatic rings. The van der Waals surface area contributed by atoms with Gasteiger partial charge in [0.05, 0.1) is 19.0 Å². The first-order valence-corrected chi connectivity index (χ1v) is 16.7. The molecule has 1 fully saturated rings. The van der Waals surface area contributed by atoms with E-state index in [0.29, 0.717) is 17.9 Å². The molecule has 6 rings (SSSR count). The van der Waals surface area contributed by atoms with Crippen LogP contribution in [0.25, 0.3) is 11.2 Å². The molecule has 2 aromatic heterocycles. The molecule has 4 heterocycles. The molecule has 2 aliphatic heterocycles. The number of hydrogen-bond donors (Lipinski definition) is 5. The van der Waals surface area contributed by atoms with E-state index in [9.17, 15) is 24.2 Å². The van der Waals surface area contributed by atoms with Gasteiger partial charge in [-0.2, -0.15) is 9.97 Å². The third kappa shape index (κ3) is 5.63. The molecule has 0 radical (unpaired) electrons. The molecule has 1 saturated heterocycles. The normalized spacial score (nSPS) is 25.6. The van der Waals surface area contributed by atoms with E-state index in [-0.39, 0.29) is 17.0 Å². The topological polar surface area (TPSA) is 201 Å². The number of nitrogens with zero attached hydrogens (tertiary/aromatic N) is 5. The van der Waals surface area contributed by atoms with Crippen molar-refractivity contribution in [1.82, 2.24) is 19.5 Å². The summed E-state index contributed by atoms with van der Waals surface area (Å²) in [7, 11) is -9.56. The molecule has 2 aromatic carbocycles. The van der Waals surface area contributed by atoms with Crippen molar-refractivity contribution in [3.63, 3.8) is 0 Å². The molecule has 14 nitrogen and oxygen atoms in total. The summed E-state index contributed by atoms with van der Waals surface area (Å²) in [5.41, 5.74) is 3.81. The van der Waals surface area contributed by atoms with Crippen LogP contribution in [0.1, 0.15) is 29.0 Å². The van der Waals surface area contributed by atoms with E-state index < -0.39 is 52.2 Å². The molecule has 0 saturated carbocycles. The van der Waals surface area contributed by atoms with Crippen molar-refractivity contribution in [2.24, 2.45) is 0 Å². The van der Waals surface area contributed by atoms with Gasteiger partial charge in [0.25, 0.3) is 0 Å². The van der Waals surface area contributed by atoms with Gasteiger partial charge in [-0.15, -0.1) is 0 Å². The van der Waals surface area contributed by atoms with Crippen molar-refractivity contribution in [2.45, 2.75) is 37.1 Å². The number of halogens is 1. The Morgan fingerprint density at radius 3 is 2.45 bits per heavy atom. The number of aromatic nitrogens is 4. The van der Waals surface area contributed by atoms with Crippen LogP contribution in [-0.4, -0.2) is 75.2 Å². The lowest BCUT2D eigenvalue weighted by molar-refractivity contribution is -0.0483. The highest BCUT2D eigenvalue weighted by Crippen LogP contribution is 2.55. The van der Waals surface area contributed by atoms with Crippen LogP contribution in [0.5, 0.6) is 0 Å². The van der Waals surface area contributed by atoms with Crippen molar-refractivity contribution in [3.8, 4) is 0 Å². The first kappa shape index (κ1) is 29.3. The number of aliphatic hydroxyl groups is 2. The van der Waals surface area contributed by atoms with Crippen LogP contribution in [0.15, 0.2) is 60.9 Å². The smallest absolute Gasteiger partial charge is 0.340 e. The fraction of sp³-hybridized carbons (Fsp3) is 0.320. The third-order valence-electron chi connectivity index (χ3n) is 7.18. The quantitative estimate of drug-likeness (QED) is 0.140. The highest BCUT2D eigenvalue weighted by molar-refractivity contribution is 7.70. The van der Waals surface area contributed by atoms with Gasteiger partial charge < -0.3 is 39.1 Å². The van der Waals surface area contributed by atoms with E-state index in [0.717, 1.165) is 16.7 Å². The average molecular weight is 638 g/mol. The minimum absolute atomic E-state index is 0.0893. The summed E-state index contributed by atoms with van der Waals surface area (Å²) in [4.78, 5) is 43.2. The summed E-state index contributed by atoms with van der Waals surface area (Å²) in [6, 6.07) is 17.7. The number of ether oxygens (including phenoxy) is 1. The lowest BCUT2D eigenvalue weighted by Crippen LogP contribution is -2.33. The molecule has 0 aliphatic carbocycles. The lowest BCUT2D eigenvalue weighted by Gasteiger charge is -2.27. The molecule has 6 atom stereocenters. The zero-order valence-corrected chi connectivity index (χ0v) is 24.2. The molecule has 0 amide bonds. The van der Waals surface area contributed by atoms with Crippen LogP contribution < -0.4 is 4.90 Å². The Balaban J connectivity index is 1.32. The van der Waals surface area contributed by atoms with Crippen molar-refractivity contribution >= 4 is 43.8 Å². The summed E-state index contributed by atoms with van der Waals surface area (Å²) >= 11 is 6.40. The maximum atomic E-state index is 12.1. The molecule has 222 valence electrons. The molecule has 17 heteroatoms. The maximum absolute atomic E-state index is 12.1. The summed E-state index contributed by atoms with van der Waals surface area (Å²) in [5.74, 6) is -0.955. The lowest BCUT2D eigenvalue weighted by atomic mass is 9.98. The summed E-state index contributed by atoms with van der Waals surface area (Å²) in [6.07, 6.45) is -4.32. The first-order chi connectivity index (χ1) is 19.9. The monoisotopic (exact) mass is 637 g/mol. The second kappa shape index (κ2) is 11.1. The Bertz CT molecular complexity index is 1720. The second-order valence-electron chi connectivity index (χ2n) is 10.1. The van der Waals surface area contributed by atoms with E-state index in [1.54, 1.807) is 0 Å². The zero-order chi connectivity index (χ0) is 29.8. The van der Waals surface area contributed by atoms with Crippen molar-refractivity contribution in [2.75, 3.05) is 17.4 Å². The number of anilines is 1. The van der Waals surface area contributed by atoms with Crippen LogP contribution in [0, 0.1) is 0 Å². The Kier molecular flexibility index (Phi) is 7.73. The first-order valence-electron chi connectivity index (χ1n) is 12.7. The van der Waals surface area contributed by atoms with Crippen molar-refractivity contribution < 1.29 is 43.3 Å². The molecule has 2 aliphatic rings. The summed E-state index contributed by atoms with van der Waals surface area (Å²) < 4.78 is 35.1. The van der Waals surface area contributed by atoms with Gasteiger partial charge in [-0.25, -0.2) is 4.98 Å². The van der Waals surface area contributed by atoms with E-state index >= 15 is 0 Å². The largest absolute Gasteiger partial charge is 0.387 e. The second-order valence-corrected chi connectivity index (χ2v) is 14.4. The summed E-state index contributed by atoms with van der Waals surface area (Å²) in [5, 5.41) is 21.3. The summed E-state index contributed by atoms with van der Waals surface area (Å²) in [6.45, 7) is -0.206. The minimum atomic E-state index is -4.85. The average Bonchev–Trinajstić information content (AvgIpc) is 3.60. The molecule has 3 unspecified atom stereocenters. The maximum Gasteiger partial charge on any atom is 0.340 e. The van der Waals surface area contributed by atoms with Gasteiger partial charge >= 0.3 is 15.2 Å². The Labute approximate surface area is 243 Å². The van der Waals surface area contributed by atoms with Gasteiger partial charge in [-0.3, -0.25) is 13.7 Å². The van der Waals surface area contributed by atoms with E-state index in [2.05, 4.69) is 25.9 Å². The fourth-order valence-corrected chi connectivity index (χ4v) is 8.13. The predicted octanol–water partition coefficient (Wildman–Crippen LogP) is 2.55. The van der Waals surface area contributed by atoms with Crippen LogP contribution in [0.4, 0.5) is 5.82 Å². The third-order valence-corrected chi connectivity index (χ3v) is 10.8. The number of aliphatic hydroxyl groups excluding tert-OH is 2. The number of hydrogen-bond acceptors (Lipinski definition) is 10. The standard InChI is InChI=1S/C25H26ClN5O9P2/c26-25-28-22(30-10-15-8-4-5-9-16(15)19(30)14-6-2-1-3-7-14)18-23(29-25)31(12-27-18)24-21(33)20(32)17(40-24)11-39-42(37,38)13-41(34,35)36/h1-9,12,17,19-21,24,32-33H,10-11,13H2,(H,37,38)(H2,34,35,36)/t17-,19?,20+,21?,24-/m1/s1. The van der Waals surface area contributed by atoms with Crippen LogP contribution in [0.3, 0.4) is 0 Å². The highest BCUT2D eigenvalue weighted by Gasteiger charge is 2.46. The molecule has 42 heavy (non-hydrogen) atoms. The van der Waals surface area contributed by atoms with Crippen LogP contribution in [-0.2, 0) is 24.9 Å².